The molecule has 98 valence electrons. The van der Waals surface area contributed by atoms with Gasteiger partial charge in [-0.05, 0) is 25.0 Å². The standard InChI is InChI=1S/C14H15N3O2/c1-2-6-11-10(5-1)18-9-12(19-11)14-16-15-13-7-3-4-8-17(13)14/h1-2,5-6,12H,3-4,7-9H2. The largest absolute Gasteiger partial charge is 0.485 e. The average molecular weight is 257 g/mol. The molecule has 2 aliphatic heterocycles. The van der Waals surface area contributed by atoms with E-state index in [1.807, 2.05) is 24.3 Å². The van der Waals surface area contributed by atoms with Crippen molar-refractivity contribution in [2.75, 3.05) is 6.61 Å². The van der Waals surface area contributed by atoms with Gasteiger partial charge in [0.2, 0.25) is 0 Å². The first-order valence-corrected chi connectivity index (χ1v) is 6.72. The van der Waals surface area contributed by atoms with Gasteiger partial charge in [0.15, 0.2) is 23.4 Å². The summed E-state index contributed by atoms with van der Waals surface area (Å²) < 4.78 is 13.9. The molecule has 1 unspecified atom stereocenters. The molecule has 0 radical (unpaired) electrons. The molecule has 4 rings (SSSR count). The summed E-state index contributed by atoms with van der Waals surface area (Å²) in [5.41, 5.74) is 0. The zero-order chi connectivity index (χ0) is 12.7. The van der Waals surface area contributed by atoms with Crippen molar-refractivity contribution in [1.29, 1.82) is 0 Å². The fraction of sp³-hybridized carbons (Fsp3) is 0.429. The molecule has 5 nitrogen and oxygen atoms in total. The lowest BCUT2D eigenvalue weighted by atomic mass is 10.1. The van der Waals surface area contributed by atoms with Gasteiger partial charge in [0.1, 0.15) is 12.4 Å². The number of nitrogens with zero attached hydrogens (tertiary/aromatic N) is 3. The third-order valence-corrected chi connectivity index (χ3v) is 3.68. The Morgan fingerprint density at radius 1 is 1.11 bits per heavy atom. The molecule has 1 aromatic carbocycles. The molecular formula is C14H15N3O2. The highest BCUT2D eigenvalue weighted by Crippen LogP contribution is 2.35. The van der Waals surface area contributed by atoms with Gasteiger partial charge in [-0.1, -0.05) is 12.1 Å². The second-order valence-corrected chi connectivity index (χ2v) is 4.95. The van der Waals surface area contributed by atoms with Crippen LogP contribution < -0.4 is 9.47 Å². The summed E-state index contributed by atoms with van der Waals surface area (Å²) in [6.45, 7) is 1.48. The van der Waals surface area contributed by atoms with E-state index in [1.165, 1.54) is 12.8 Å². The summed E-state index contributed by atoms with van der Waals surface area (Å²) in [6, 6.07) is 7.74. The predicted molar refractivity (Wildman–Crippen MR) is 68.3 cm³/mol. The van der Waals surface area contributed by atoms with Crippen LogP contribution in [0, 0.1) is 0 Å². The van der Waals surface area contributed by atoms with Gasteiger partial charge in [-0.25, -0.2) is 0 Å². The Bertz CT molecular complexity index is 608. The summed E-state index contributed by atoms with van der Waals surface area (Å²) in [5, 5.41) is 8.57. The molecule has 0 spiro atoms. The number of benzene rings is 1. The SMILES string of the molecule is c1ccc2c(c1)OCC(c1nnc3n1CCCC3)O2. The van der Waals surface area contributed by atoms with Crippen LogP contribution in [0.25, 0.3) is 0 Å². The Hall–Kier alpha value is -2.04. The monoisotopic (exact) mass is 257 g/mol. The van der Waals surface area contributed by atoms with Crippen LogP contribution >= 0.6 is 0 Å². The van der Waals surface area contributed by atoms with Crippen LogP contribution in [0.1, 0.15) is 30.6 Å². The van der Waals surface area contributed by atoms with E-state index in [1.54, 1.807) is 0 Å². The van der Waals surface area contributed by atoms with Crippen LogP contribution in [0.5, 0.6) is 11.5 Å². The lowest BCUT2D eigenvalue weighted by molar-refractivity contribution is 0.0816. The van der Waals surface area contributed by atoms with Crippen LogP contribution in [0.15, 0.2) is 24.3 Å². The second kappa shape index (κ2) is 4.26. The molecule has 0 saturated carbocycles. The molecule has 1 aromatic heterocycles. The van der Waals surface area contributed by atoms with Crippen molar-refractivity contribution in [3.63, 3.8) is 0 Å². The highest BCUT2D eigenvalue weighted by Gasteiger charge is 2.28. The molecular weight excluding hydrogens is 242 g/mol. The Morgan fingerprint density at radius 3 is 2.95 bits per heavy atom. The maximum Gasteiger partial charge on any atom is 0.192 e. The van der Waals surface area contributed by atoms with Crippen molar-refractivity contribution in [2.45, 2.75) is 31.9 Å². The number of hydrogen-bond donors (Lipinski definition) is 0. The molecule has 2 aromatic rings. The lowest BCUT2D eigenvalue weighted by Gasteiger charge is -2.26. The van der Waals surface area contributed by atoms with Crippen molar-refractivity contribution in [2.24, 2.45) is 0 Å². The average Bonchev–Trinajstić information content (AvgIpc) is 2.91. The summed E-state index contributed by atoms with van der Waals surface area (Å²) in [7, 11) is 0. The first-order valence-electron chi connectivity index (χ1n) is 6.72. The molecule has 0 aliphatic carbocycles. The van der Waals surface area contributed by atoms with E-state index in [9.17, 15) is 0 Å². The fourth-order valence-electron chi connectivity index (χ4n) is 2.72. The quantitative estimate of drug-likeness (QED) is 0.785. The van der Waals surface area contributed by atoms with Crippen molar-refractivity contribution in [1.82, 2.24) is 14.8 Å². The van der Waals surface area contributed by atoms with Crippen molar-refractivity contribution >= 4 is 0 Å². The Kier molecular flexibility index (Phi) is 2.43. The minimum absolute atomic E-state index is 0.158. The third kappa shape index (κ3) is 1.77. The first-order chi connectivity index (χ1) is 9.42. The molecule has 0 amide bonds. The molecule has 0 saturated heterocycles. The van der Waals surface area contributed by atoms with E-state index in [4.69, 9.17) is 9.47 Å². The number of aromatic nitrogens is 3. The molecule has 1 atom stereocenters. The maximum absolute atomic E-state index is 5.99. The van der Waals surface area contributed by atoms with Crippen LogP contribution in [-0.4, -0.2) is 21.4 Å². The smallest absolute Gasteiger partial charge is 0.192 e. The topological polar surface area (TPSA) is 49.2 Å². The molecule has 2 aliphatic rings. The number of rotatable bonds is 1. The molecule has 0 N–H and O–H groups in total. The van der Waals surface area contributed by atoms with E-state index in [2.05, 4.69) is 14.8 Å². The van der Waals surface area contributed by atoms with Gasteiger partial charge in [-0.15, -0.1) is 10.2 Å². The van der Waals surface area contributed by atoms with Crippen LogP contribution in [-0.2, 0) is 13.0 Å². The predicted octanol–water partition coefficient (Wildman–Crippen LogP) is 2.13. The van der Waals surface area contributed by atoms with E-state index in [0.717, 1.165) is 36.1 Å². The third-order valence-electron chi connectivity index (χ3n) is 3.68. The summed E-state index contributed by atoms with van der Waals surface area (Å²) in [4.78, 5) is 0. The van der Waals surface area contributed by atoms with Crippen LogP contribution in [0.3, 0.4) is 0 Å². The number of fused-ring (bicyclic) bond motifs is 2. The zero-order valence-electron chi connectivity index (χ0n) is 10.6. The summed E-state index contributed by atoms with van der Waals surface area (Å²) >= 11 is 0. The fourth-order valence-corrected chi connectivity index (χ4v) is 2.72. The minimum Gasteiger partial charge on any atom is -0.485 e. The van der Waals surface area contributed by atoms with E-state index in [-0.39, 0.29) is 6.10 Å². The van der Waals surface area contributed by atoms with Gasteiger partial charge >= 0.3 is 0 Å². The van der Waals surface area contributed by atoms with Crippen molar-refractivity contribution in [3.8, 4) is 11.5 Å². The number of para-hydroxylation sites is 2. The van der Waals surface area contributed by atoms with Gasteiger partial charge in [0.25, 0.3) is 0 Å². The van der Waals surface area contributed by atoms with E-state index < -0.39 is 0 Å². The van der Waals surface area contributed by atoms with Crippen LogP contribution in [0.4, 0.5) is 0 Å². The Morgan fingerprint density at radius 2 is 2.00 bits per heavy atom. The minimum atomic E-state index is -0.158. The number of aryl methyl sites for hydroxylation is 1. The van der Waals surface area contributed by atoms with Gasteiger partial charge in [-0.2, -0.15) is 0 Å². The maximum atomic E-state index is 5.99. The highest BCUT2D eigenvalue weighted by molar-refractivity contribution is 5.41. The van der Waals surface area contributed by atoms with Crippen molar-refractivity contribution in [3.05, 3.63) is 35.9 Å². The summed E-state index contributed by atoms with van der Waals surface area (Å²) in [6.07, 6.45) is 3.23. The van der Waals surface area contributed by atoms with Crippen LogP contribution in [0.2, 0.25) is 0 Å². The molecule has 3 heterocycles. The first kappa shape index (κ1) is 10.8. The molecule has 0 bridgehead atoms. The second-order valence-electron chi connectivity index (χ2n) is 4.95. The summed E-state index contributed by atoms with van der Waals surface area (Å²) in [5.74, 6) is 3.55. The molecule has 5 heteroatoms. The van der Waals surface area contributed by atoms with Gasteiger partial charge < -0.3 is 14.0 Å². The normalized spacial score (nSPS) is 20.9. The van der Waals surface area contributed by atoms with Gasteiger partial charge in [-0.3, -0.25) is 0 Å². The number of ether oxygens (including phenoxy) is 2. The zero-order valence-corrected chi connectivity index (χ0v) is 10.6. The lowest BCUT2D eigenvalue weighted by Crippen LogP contribution is -2.26. The molecule has 19 heavy (non-hydrogen) atoms. The Labute approximate surface area is 111 Å². The molecule has 0 fully saturated rings. The van der Waals surface area contributed by atoms with Gasteiger partial charge in [0.05, 0.1) is 0 Å². The number of hydrogen-bond acceptors (Lipinski definition) is 4. The van der Waals surface area contributed by atoms with Crippen molar-refractivity contribution < 1.29 is 9.47 Å². The van der Waals surface area contributed by atoms with Gasteiger partial charge in [0, 0.05) is 13.0 Å². The van der Waals surface area contributed by atoms with E-state index >= 15 is 0 Å². The highest BCUT2D eigenvalue weighted by atomic mass is 16.6. The van der Waals surface area contributed by atoms with E-state index in [0.29, 0.717) is 6.61 Å². The Balaban J connectivity index is 1.66.